The van der Waals surface area contributed by atoms with Crippen molar-refractivity contribution in [2.45, 2.75) is 6.67 Å². The Morgan fingerprint density at radius 3 is 2.80 bits per heavy atom. The predicted octanol–water partition coefficient (Wildman–Crippen LogP) is -0.559. The number of hydrogen-bond donors (Lipinski definition) is 0. The van der Waals surface area contributed by atoms with Gasteiger partial charge in [-0.3, -0.25) is 24.0 Å². The molecule has 2 aromatic heterocycles. The fraction of sp³-hybridized carbons (Fsp3) is 0.385. The molecule has 1 aliphatic rings. The van der Waals surface area contributed by atoms with Gasteiger partial charge in [0.05, 0.1) is 25.3 Å². The lowest BCUT2D eigenvalue weighted by Crippen LogP contribution is -2.39. The minimum Gasteiger partial charge on any atom is -0.379 e. The maximum atomic E-state index is 12.4. The fourth-order valence-electron chi connectivity index (χ4n) is 2.19. The van der Waals surface area contributed by atoms with Crippen molar-refractivity contribution >= 4 is 10.9 Å². The van der Waals surface area contributed by atoms with Gasteiger partial charge in [-0.2, -0.15) is 4.98 Å². The van der Waals surface area contributed by atoms with Crippen LogP contribution >= 0.6 is 0 Å². The molecule has 3 heterocycles. The quantitative estimate of drug-likeness (QED) is 0.730. The summed E-state index contributed by atoms with van der Waals surface area (Å²) < 4.78 is 6.69. The van der Waals surface area contributed by atoms with Gasteiger partial charge in [0, 0.05) is 19.3 Å². The third-order valence-electron chi connectivity index (χ3n) is 3.27. The molecular weight excluding hydrogens is 260 g/mol. The molecule has 104 valence electrons. The van der Waals surface area contributed by atoms with Crippen LogP contribution in [-0.4, -0.2) is 45.7 Å². The number of pyridine rings is 1. The Labute approximate surface area is 114 Å². The topological polar surface area (TPSA) is 77.3 Å². The number of aromatic nitrogens is 3. The predicted molar refractivity (Wildman–Crippen MR) is 72.5 cm³/mol. The summed E-state index contributed by atoms with van der Waals surface area (Å²) in [6.07, 6.45) is 2.80. The summed E-state index contributed by atoms with van der Waals surface area (Å²) in [4.78, 5) is 34.2. The minimum absolute atomic E-state index is 0.156. The average Bonchev–Trinajstić information content (AvgIpc) is 2.61. The van der Waals surface area contributed by atoms with E-state index < -0.39 is 5.56 Å². The summed E-state index contributed by atoms with van der Waals surface area (Å²) in [7, 11) is 0. The summed E-state index contributed by atoms with van der Waals surface area (Å²) in [5.41, 5.74) is -0.587. The zero-order chi connectivity index (χ0) is 13.9. The molecule has 0 spiro atoms. The zero-order valence-corrected chi connectivity index (χ0v) is 10.9. The molecule has 0 aromatic carbocycles. The van der Waals surface area contributed by atoms with E-state index in [0.29, 0.717) is 19.9 Å². The van der Waals surface area contributed by atoms with Crippen LogP contribution in [0, 0.1) is 0 Å². The lowest BCUT2D eigenvalue weighted by atomic mass is 10.3. The van der Waals surface area contributed by atoms with Crippen LogP contribution in [0.4, 0.5) is 0 Å². The highest BCUT2D eigenvalue weighted by atomic mass is 16.5. The SMILES string of the molecule is O=c1ncn(CN2CCOCC2)c(=O)c2ncccc12. The van der Waals surface area contributed by atoms with Crippen molar-refractivity contribution in [2.24, 2.45) is 0 Å². The average molecular weight is 274 g/mol. The number of fused-ring (bicyclic) bond motifs is 1. The second-order valence-corrected chi connectivity index (χ2v) is 4.60. The van der Waals surface area contributed by atoms with Crippen LogP contribution in [-0.2, 0) is 11.4 Å². The van der Waals surface area contributed by atoms with E-state index >= 15 is 0 Å². The summed E-state index contributed by atoms with van der Waals surface area (Å²) in [5, 5.41) is 0.248. The Hall–Kier alpha value is -2.12. The van der Waals surface area contributed by atoms with E-state index in [4.69, 9.17) is 4.74 Å². The monoisotopic (exact) mass is 274 g/mol. The molecule has 0 unspecified atom stereocenters. The molecule has 0 radical (unpaired) electrons. The summed E-state index contributed by atoms with van der Waals surface area (Å²) in [5.74, 6) is 0. The van der Waals surface area contributed by atoms with Crippen LogP contribution in [0.5, 0.6) is 0 Å². The van der Waals surface area contributed by atoms with E-state index in [1.807, 2.05) is 0 Å². The molecular formula is C13H14N4O3. The van der Waals surface area contributed by atoms with Gasteiger partial charge in [-0.1, -0.05) is 0 Å². The van der Waals surface area contributed by atoms with Crippen molar-refractivity contribution in [3.63, 3.8) is 0 Å². The van der Waals surface area contributed by atoms with E-state index in [9.17, 15) is 9.59 Å². The maximum Gasteiger partial charge on any atom is 0.280 e. The van der Waals surface area contributed by atoms with Gasteiger partial charge in [0.2, 0.25) is 0 Å². The van der Waals surface area contributed by atoms with Crippen LogP contribution in [0.2, 0.25) is 0 Å². The van der Waals surface area contributed by atoms with Crippen molar-refractivity contribution in [3.05, 3.63) is 45.4 Å². The first-order chi connectivity index (χ1) is 9.75. The molecule has 1 saturated heterocycles. The fourth-order valence-corrected chi connectivity index (χ4v) is 2.19. The Morgan fingerprint density at radius 1 is 1.20 bits per heavy atom. The molecule has 2 aromatic rings. The van der Waals surface area contributed by atoms with Crippen LogP contribution < -0.4 is 11.1 Å². The van der Waals surface area contributed by atoms with Crippen molar-refractivity contribution in [3.8, 4) is 0 Å². The maximum absolute atomic E-state index is 12.4. The molecule has 0 bridgehead atoms. The molecule has 0 saturated carbocycles. The molecule has 0 N–H and O–H groups in total. The van der Waals surface area contributed by atoms with E-state index in [1.165, 1.54) is 17.1 Å². The van der Waals surface area contributed by atoms with Gasteiger partial charge in [0.25, 0.3) is 11.1 Å². The van der Waals surface area contributed by atoms with Gasteiger partial charge in [-0.05, 0) is 12.1 Å². The van der Waals surface area contributed by atoms with Gasteiger partial charge in [-0.25, -0.2) is 0 Å². The van der Waals surface area contributed by atoms with Crippen LogP contribution in [0.1, 0.15) is 0 Å². The van der Waals surface area contributed by atoms with Gasteiger partial charge in [-0.15, -0.1) is 0 Å². The van der Waals surface area contributed by atoms with Crippen molar-refractivity contribution in [1.29, 1.82) is 0 Å². The Bertz CT molecular complexity index is 737. The smallest absolute Gasteiger partial charge is 0.280 e. The number of morpholine rings is 1. The van der Waals surface area contributed by atoms with E-state index in [-0.39, 0.29) is 16.5 Å². The number of ether oxygens (including phenoxy) is 1. The molecule has 1 aliphatic heterocycles. The van der Waals surface area contributed by atoms with Crippen LogP contribution in [0.15, 0.2) is 34.2 Å². The first kappa shape index (κ1) is 12.9. The molecule has 0 amide bonds. The molecule has 7 nitrogen and oxygen atoms in total. The molecule has 20 heavy (non-hydrogen) atoms. The Morgan fingerprint density at radius 2 is 2.00 bits per heavy atom. The summed E-state index contributed by atoms with van der Waals surface area (Å²) in [6, 6.07) is 3.19. The standard InChI is InChI=1S/C13H14N4O3/c18-12-10-2-1-3-14-11(10)13(19)17(8-15-12)9-16-4-6-20-7-5-16/h1-3,8H,4-7,9H2. The highest BCUT2D eigenvalue weighted by Crippen LogP contribution is 2.00. The first-order valence-corrected chi connectivity index (χ1v) is 6.40. The number of hydrogen-bond acceptors (Lipinski definition) is 6. The zero-order valence-electron chi connectivity index (χ0n) is 10.9. The third kappa shape index (κ3) is 2.45. The minimum atomic E-state index is -0.439. The molecule has 1 fully saturated rings. The summed E-state index contributed by atoms with van der Waals surface area (Å²) in [6.45, 7) is 3.18. The number of nitrogens with zero attached hydrogens (tertiary/aromatic N) is 4. The second-order valence-electron chi connectivity index (χ2n) is 4.60. The van der Waals surface area contributed by atoms with Crippen LogP contribution in [0.25, 0.3) is 10.9 Å². The molecule has 7 heteroatoms. The number of rotatable bonds is 2. The van der Waals surface area contributed by atoms with Crippen molar-refractivity contribution in [1.82, 2.24) is 19.4 Å². The van der Waals surface area contributed by atoms with Gasteiger partial charge < -0.3 is 4.74 Å². The summed E-state index contributed by atoms with van der Waals surface area (Å²) >= 11 is 0. The van der Waals surface area contributed by atoms with Crippen molar-refractivity contribution in [2.75, 3.05) is 26.3 Å². The normalized spacial score (nSPS) is 16.4. The van der Waals surface area contributed by atoms with E-state index in [1.54, 1.807) is 12.1 Å². The largest absolute Gasteiger partial charge is 0.379 e. The Balaban J connectivity index is 2.08. The van der Waals surface area contributed by atoms with E-state index in [2.05, 4.69) is 14.9 Å². The second kappa shape index (κ2) is 5.48. The molecule has 0 atom stereocenters. The van der Waals surface area contributed by atoms with Gasteiger partial charge in [0.1, 0.15) is 11.8 Å². The van der Waals surface area contributed by atoms with Crippen LogP contribution in [0.3, 0.4) is 0 Å². The van der Waals surface area contributed by atoms with Gasteiger partial charge in [0.15, 0.2) is 0 Å². The Kier molecular flexibility index (Phi) is 3.53. The van der Waals surface area contributed by atoms with E-state index in [0.717, 1.165) is 13.1 Å². The molecule has 3 rings (SSSR count). The van der Waals surface area contributed by atoms with Crippen molar-refractivity contribution < 1.29 is 4.74 Å². The third-order valence-corrected chi connectivity index (χ3v) is 3.27. The molecule has 0 aliphatic carbocycles. The van der Waals surface area contributed by atoms with Gasteiger partial charge >= 0.3 is 0 Å². The first-order valence-electron chi connectivity index (χ1n) is 6.40. The highest BCUT2D eigenvalue weighted by molar-refractivity contribution is 5.75. The lowest BCUT2D eigenvalue weighted by molar-refractivity contribution is 0.0228. The highest BCUT2D eigenvalue weighted by Gasteiger charge is 2.12. The lowest BCUT2D eigenvalue weighted by Gasteiger charge is -2.26.